The summed E-state index contributed by atoms with van der Waals surface area (Å²) >= 11 is 3.41. The second-order valence-corrected chi connectivity index (χ2v) is 5.83. The summed E-state index contributed by atoms with van der Waals surface area (Å²) in [6.45, 7) is 5.40. The number of rotatable bonds is 7. The van der Waals surface area contributed by atoms with Gasteiger partial charge in [0.05, 0.1) is 0 Å². The van der Waals surface area contributed by atoms with Crippen molar-refractivity contribution in [1.29, 1.82) is 0 Å². The van der Waals surface area contributed by atoms with Crippen LogP contribution in [0, 0.1) is 0 Å². The van der Waals surface area contributed by atoms with Crippen LogP contribution in [0.2, 0.25) is 0 Å². The molecule has 5 heteroatoms. The molecule has 108 valence electrons. The van der Waals surface area contributed by atoms with Gasteiger partial charge in [-0.25, -0.2) is 0 Å². The van der Waals surface area contributed by atoms with Gasteiger partial charge in [-0.1, -0.05) is 28.0 Å². The van der Waals surface area contributed by atoms with Crippen molar-refractivity contribution in [2.45, 2.75) is 39.2 Å². The number of hydrogen-bond acceptors (Lipinski definition) is 4. The van der Waals surface area contributed by atoms with Crippen molar-refractivity contribution < 1.29 is 4.52 Å². The standard InChI is InChI=1S/C15H20BrN3O/c1-3-10-17-11(2)4-9-14-18-15(19-20-14)12-5-7-13(16)8-6-12/h5-8,11,17H,3-4,9-10H2,1-2H3. The molecule has 0 saturated heterocycles. The van der Waals surface area contributed by atoms with E-state index >= 15 is 0 Å². The van der Waals surface area contributed by atoms with E-state index in [2.05, 4.69) is 45.2 Å². The molecule has 0 aliphatic heterocycles. The van der Waals surface area contributed by atoms with Gasteiger partial charge in [-0.15, -0.1) is 0 Å². The highest BCUT2D eigenvalue weighted by Gasteiger charge is 2.10. The third-order valence-electron chi connectivity index (χ3n) is 3.10. The summed E-state index contributed by atoms with van der Waals surface area (Å²) in [7, 11) is 0. The number of hydrogen-bond donors (Lipinski definition) is 1. The van der Waals surface area contributed by atoms with Crippen molar-refractivity contribution >= 4 is 15.9 Å². The number of nitrogens with one attached hydrogen (secondary N) is 1. The van der Waals surface area contributed by atoms with Crippen LogP contribution in [0.25, 0.3) is 11.4 Å². The Hall–Kier alpha value is -1.20. The van der Waals surface area contributed by atoms with Gasteiger partial charge >= 0.3 is 0 Å². The van der Waals surface area contributed by atoms with Crippen LogP contribution in [0.5, 0.6) is 0 Å². The SMILES string of the molecule is CCCNC(C)CCc1nc(-c2ccc(Br)cc2)no1. The molecule has 2 rings (SSSR count). The van der Waals surface area contributed by atoms with Crippen LogP contribution in [0.4, 0.5) is 0 Å². The van der Waals surface area contributed by atoms with Crippen molar-refractivity contribution in [2.24, 2.45) is 0 Å². The minimum absolute atomic E-state index is 0.470. The Labute approximate surface area is 128 Å². The summed E-state index contributed by atoms with van der Waals surface area (Å²) in [5.41, 5.74) is 0.973. The van der Waals surface area contributed by atoms with Crippen LogP contribution in [-0.2, 0) is 6.42 Å². The zero-order valence-electron chi connectivity index (χ0n) is 11.9. The number of benzene rings is 1. The number of halogens is 1. The number of aryl methyl sites for hydroxylation is 1. The maximum Gasteiger partial charge on any atom is 0.227 e. The summed E-state index contributed by atoms with van der Waals surface area (Å²) in [6.07, 6.45) is 2.96. The van der Waals surface area contributed by atoms with Gasteiger partial charge in [0.25, 0.3) is 0 Å². The van der Waals surface area contributed by atoms with Gasteiger partial charge in [0.15, 0.2) is 0 Å². The Morgan fingerprint density at radius 2 is 2.05 bits per heavy atom. The van der Waals surface area contributed by atoms with Crippen LogP contribution >= 0.6 is 15.9 Å². The molecule has 20 heavy (non-hydrogen) atoms. The second-order valence-electron chi connectivity index (χ2n) is 4.91. The molecule has 0 amide bonds. The molecule has 1 aromatic carbocycles. The lowest BCUT2D eigenvalue weighted by Crippen LogP contribution is -2.27. The highest BCUT2D eigenvalue weighted by Crippen LogP contribution is 2.19. The van der Waals surface area contributed by atoms with E-state index in [0.29, 0.717) is 17.8 Å². The molecular weight excluding hydrogens is 318 g/mol. The average molecular weight is 338 g/mol. The van der Waals surface area contributed by atoms with Crippen LogP contribution in [0.15, 0.2) is 33.3 Å². The van der Waals surface area contributed by atoms with E-state index in [-0.39, 0.29) is 0 Å². The minimum Gasteiger partial charge on any atom is -0.339 e. The molecule has 0 saturated carbocycles. The number of nitrogens with zero attached hydrogens (tertiary/aromatic N) is 2. The van der Waals surface area contributed by atoms with E-state index < -0.39 is 0 Å². The van der Waals surface area contributed by atoms with Crippen LogP contribution in [0.1, 0.15) is 32.6 Å². The molecule has 0 aliphatic rings. The van der Waals surface area contributed by atoms with E-state index in [1.54, 1.807) is 0 Å². The first-order valence-corrected chi connectivity index (χ1v) is 7.80. The largest absolute Gasteiger partial charge is 0.339 e. The minimum atomic E-state index is 0.470. The summed E-state index contributed by atoms with van der Waals surface area (Å²) in [5, 5.41) is 7.49. The molecule has 0 radical (unpaired) electrons. The van der Waals surface area contributed by atoms with Gasteiger partial charge in [-0.3, -0.25) is 0 Å². The summed E-state index contributed by atoms with van der Waals surface area (Å²) in [4.78, 5) is 4.44. The maximum absolute atomic E-state index is 5.30. The monoisotopic (exact) mass is 337 g/mol. The van der Waals surface area contributed by atoms with E-state index in [1.165, 1.54) is 0 Å². The molecule has 4 nitrogen and oxygen atoms in total. The maximum atomic E-state index is 5.30. The van der Waals surface area contributed by atoms with E-state index in [9.17, 15) is 0 Å². The van der Waals surface area contributed by atoms with Crippen LogP contribution in [0.3, 0.4) is 0 Å². The zero-order valence-corrected chi connectivity index (χ0v) is 13.5. The van der Waals surface area contributed by atoms with Gasteiger partial charge in [0.1, 0.15) is 0 Å². The lowest BCUT2D eigenvalue weighted by atomic mass is 10.2. The molecular formula is C15H20BrN3O. The van der Waals surface area contributed by atoms with Gasteiger partial charge in [0.2, 0.25) is 11.7 Å². The molecule has 0 bridgehead atoms. The van der Waals surface area contributed by atoms with Crippen molar-refractivity contribution in [3.8, 4) is 11.4 Å². The molecule has 1 aromatic heterocycles. The quantitative estimate of drug-likeness (QED) is 0.834. The van der Waals surface area contributed by atoms with Crippen molar-refractivity contribution in [1.82, 2.24) is 15.5 Å². The average Bonchev–Trinajstić information content (AvgIpc) is 2.92. The fourth-order valence-electron chi connectivity index (χ4n) is 1.91. The fraction of sp³-hybridized carbons (Fsp3) is 0.467. The molecule has 0 spiro atoms. The first-order chi connectivity index (χ1) is 9.69. The highest BCUT2D eigenvalue weighted by molar-refractivity contribution is 9.10. The predicted octanol–water partition coefficient (Wildman–Crippen LogP) is 3.82. The lowest BCUT2D eigenvalue weighted by molar-refractivity contribution is 0.367. The third-order valence-corrected chi connectivity index (χ3v) is 3.63. The van der Waals surface area contributed by atoms with E-state index in [0.717, 1.165) is 35.8 Å². The summed E-state index contributed by atoms with van der Waals surface area (Å²) < 4.78 is 6.35. The molecule has 2 aromatic rings. The van der Waals surface area contributed by atoms with Gasteiger partial charge in [-0.05, 0) is 50.6 Å². The predicted molar refractivity (Wildman–Crippen MR) is 83.5 cm³/mol. The number of aromatic nitrogens is 2. The van der Waals surface area contributed by atoms with Crippen molar-refractivity contribution in [2.75, 3.05) is 6.54 Å². The van der Waals surface area contributed by atoms with Gasteiger partial charge in [-0.2, -0.15) is 4.98 Å². The van der Waals surface area contributed by atoms with E-state index in [4.69, 9.17) is 4.52 Å². The topological polar surface area (TPSA) is 51.0 Å². The molecule has 1 unspecified atom stereocenters. The Morgan fingerprint density at radius 1 is 1.30 bits per heavy atom. The zero-order chi connectivity index (χ0) is 14.4. The Balaban J connectivity index is 1.90. The van der Waals surface area contributed by atoms with Crippen LogP contribution < -0.4 is 5.32 Å². The summed E-state index contributed by atoms with van der Waals surface area (Å²) in [5.74, 6) is 1.36. The first kappa shape index (κ1) is 15.2. The first-order valence-electron chi connectivity index (χ1n) is 7.01. The molecule has 1 atom stereocenters. The molecule has 0 fully saturated rings. The fourth-order valence-corrected chi connectivity index (χ4v) is 2.17. The second kappa shape index (κ2) is 7.55. The van der Waals surface area contributed by atoms with Crippen molar-refractivity contribution in [3.63, 3.8) is 0 Å². The van der Waals surface area contributed by atoms with Crippen LogP contribution in [-0.4, -0.2) is 22.7 Å². The van der Waals surface area contributed by atoms with Gasteiger partial charge < -0.3 is 9.84 Å². The van der Waals surface area contributed by atoms with Gasteiger partial charge in [0, 0.05) is 22.5 Å². The third kappa shape index (κ3) is 4.42. The Bertz CT molecular complexity index is 524. The highest BCUT2D eigenvalue weighted by atomic mass is 79.9. The molecule has 1 N–H and O–H groups in total. The van der Waals surface area contributed by atoms with Crippen molar-refractivity contribution in [3.05, 3.63) is 34.6 Å². The smallest absolute Gasteiger partial charge is 0.227 e. The molecule has 1 heterocycles. The normalized spacial score (nSPS) is 12.6. The van der Waals surface area contributed by atoms with E-state index in [1.807, 2.05) is 24.3 Å². The summed E-state index contributed by atoms with van der Waals surface area (Å²) in [6, 6.07) is 8.37. The Morgan fingerprint density at radius 3 is 2.75 bits per heavy atom. The Kier molecular flexibility index (Phi) is 5.73. The lowest BCUT2D eigenvalue weighted by Gasteiger charge is -2.10. The molecule has 0 aliphatic carbocycles.